The number of hydrogen-bond donors (Lipinski definition) is 1. The summed E-state index contributed by atoms with van der Waals surface area (Å²) >= 11 is 0. The average molecular weight is 734 g/mol. The van der Waals surface area contributed by atoms with Gasteiger partial charge >= 0.3 is 5.97 Å². The lowest BCUT2D eigenvalue weighted by Crippen LogP contribution is -2.66. The van der Waals surface area contributed by atoms with Crippen LogP contribution in [-0.4, -0.2) is 34.8 Å². The first-order valence-corrected chi connectivity index (χ1v) is 20.6. The molecule has 5 aliphatic carbocycles. The molecular formula is C47H60FN3O3. The van der Waals surface area contributed by atoms with Gasteiger partial charge < -0.3 is 10.1 Å². The molecule has 7 heteroatoms. The van der Waals surface area contributed by atoms with Gasteiger partial charge in [0.25, 0.3) is 0 Å². The second-order valence-corrected chi connectivity index (χ2v) is 19.3. The standard InChI is InChI=1S/C47H60FN3O3/c1-29-20-23-47(42(53)50-36(41(52)54-8)26-31-12-10-9-11-13-31)25-24-45(6)35(39(47)30(29)2)18-19-38-44(5)27-32-28-49-51(34-16-14-33(48)15-17-34)40(32)43(3,4)37(44)21-22-46(38,45)7/h9-18,28-30,36-39H,19-27H2,1-8H3,(H,50,53)/t29-,30+,36?,37+,38-,39+,44+,45-,46-,47+/m1/s1. The molecule has 6 nitrogen and oxygen atoms in total. The van der Waals surface area contributed by atoms with Crippen LogP contribution in [0.3, 0.4) is 0 Å². The van der Waals surface area contributed by atoms with Crippen LogP contribution in [0.5, 0.6) is 0 Å². The van der Waals surface area contributed by atoms with E-state index < -0.39 is 17.4 Å². The highest BCUT2D eigenvalue weighted by atomic mass is 19.1. The van der Waals surface area contributed by atoms with Crippen molar-refractivity contribution >= 4 is 11.9 Å². The van der Waals surface area contributed by atoms with Crippen LogP contribution in [0.2, 0.25) is 0 Å². The van der Waals surface area contributed by atoms with Crippen molar-refractivity contribution in [2.75, 3.05) is 7.11 Å². The lowest BCUT2D eigenvalue weighted by Gasteiger charge is -2.71. The van der Waals surface area contributed by atoms with Gasteiger partial charge in [-0.15, -0.1) is 0 Å². The molecule has 0 saturated heterocycles. The van der Waals surface area contributed by atoms with Crippen LogP contribution >= 0.6 is 0 Å². The van der Waals surface area contributed by atoms with Crippen molar-refractivity contribution in [3.63, 3.8) is 0 Å². The molecule has 10 atom stereocenters. The Balaban J connectivity index is 1.15. The highest BCUT2D eigenvalue weighted by Gasteiger charge is 2.69. The summed E-state index contributed by atoms with van der Waals surface area (Å²) in [5.74, 6) is 1.33. The number of fused-ring (bicyclic) bond motifs is 8. The maximum Gasteiger partial charge on any atom is 0.328 e. The normalized spacial score (nSPS) is 36.9. The van der Waals surface area contributed by atoms with E-state index in [-0.39, 0.29) is 39.3 Å². The Bertz CT molecular complexity index is 1970. The maximum atomic E-state index is 14.9. The first-order valence-electron chi connectivity index (χ1n) is 20.6. The summed E-state index contributed by atoms with van der Waals surface area (Å²) in [6.45, 7) is 17.3. The van der Waals surface area contributed by atoms with E-state index in [4.69, 9.17) is 9.84 Å². The molecule has 1 aromatic heterocycles. The lowest BCUT2D eigenvalue weighted by molar-refractivity contribution is -0.170. The van der Waals surface area contributed by atoms with Crippen LogP contribution in [0.25, 0.3) is 5.69 Å². The van der Waals surface area contributed by atoms with Gasteiger partial charge in [0.05, 0.1) is 30.1 Å². The molecule has 1 unspecified atom stereocenters. The van der Waals surface area contributed by atoms with Crippen molar-refractivity contribution in [1.29, 1.82) is 0 Å². The number of carbonyl (C=O) groups excluding carboxylic acids is 2. The highest BCUT2D eigenvalue weighted by molar-refractivity contribution is 5.89. The monoisotopic (exact) mass is 733 g/mol. The Morgan fingerprint density at radius 1 is 0.944 bits per heavy atom. The molecule has 5 aliphatic rings. The number of benzene rings is 2. The second kappa shape index (κ2) is 12.9. The Morgan fingerprint density at radius 3 is 2.37 bits per heavy atom. The quantitative estimate of drug-likeness (QED) is 0.202. The third-order valence-corrected chi connectivity index (χ3v) is 16.8. The van der Waals surface area contributed by atoms with Gasteiger partial charge in [0.15, 0.2) is 0 Å². The molecule has 0 aliphatic heterocycles. The zero-order valence-electron chi connectivity index (χ0n) is 33.7. The number of carbonyl (C=O) groups is 2. The SMILES string of the molecule is COC(=O)C(Cc1ccccc1)NC(=O)[C@]12CC[C@@H](C)[C@H](C)[C@H]1C1=CC[C@@H]3[C@@]4(C)Cc5cnn(-c6ccc(F)cc6)c5C(C)(C)[C@@H]4CC[C@@]3(C)[C@]1(C)CC2. The lowest BCUT2D eigenvalue weighted by atomic mass is 9.33. The van der Waals surface area contributed by atoms with Crippen LogP contribution in [0.15, 0.2) is 72.4 Å². The van der Waals surface area contributed by atoms with Crippen molar-refractivity contribution in [1.82, 2.24) is 15.1 Å². The van der Waals surface area contributed by atoms with E-state index in [0.717, 1.165) is 62.6 Å². The summed E-state index contributed by atoms with van der Waals surface area (Å²) in [6, 6.07) is 15.9. The summed E-state index contributed by atoms with van der Waals surface area (Å²) < 4.78 is 21.2. The van der Waals surface area contributed by atoms with Gasteiger partial charge in [-0.05, 0) is 133 Å². The number of hydrogen-bond acceptors (Lipinski definition) is 4. The maximum absolute atomic E-state index is 14.9. The van der Waals surface area contributed by atoms with Crippen molar-refractivity contribution in [3.05, 3.63) is 95.1 Å². The number of methoxy groups -OCH3 is 1. The molecule has 54 heavy (non-hydrogen) atoms. The van der Waals surface area contributed by atoms with E-state index in [1.165, 1.54) is 36.1 Å². The minimum absolute atomic E-state index is 0.0307. The van der Waals surface area contributed by atoms with E-state index in [1.807, 2.05) is 42.5 Å². The van der Waals surface area contributed by atoms with E-state index in [0.29, 0.717) is 30.1 Å². The van der Waals surface area contributed by atoms with E-state index in [9.17, 15) is 14.0 Å². The molecule has 3 aromatic rings. The molecule has 3 fully saturated rings. The smallest absolute Gasteiger partial charge is 0.328 e. The number of esters is 1. The number of halogens is 1. The van der Waals surface area contributed by atoms with Gasteiger partial charge in [0, 0.05) is 11.8 Å². The molecule has 1 heterocycles. The molecule has 3 saturated carbocycles. The molecule has 0 bridgehead atoms. The van der Waals surface area contributed by atoms with Gasteiger partial charge in [0.2, 0.25) is 5.91 Å². The zero-order valence-corrected chi connectivity index (χ0v) is 33.7. The third kappa shape index (κ3) is 5.25. The van der Waals surface area contributed by atoms with Crippen LogP contribution < -0.4 is 5.32 Å². The number of aromatic nitrogens is 2. The van der Waals surface area contributed by atoms with Crippen LogP contribution in [0.1, 0.15) is 110 Å². The van der Waals surface area contributed by atoms with Crippen LogP contribution in [-0.2, 0) is 32.6 Å². The predicted molar refractivity (Wildman–Crippen MR) is 210 cm³/mol. The zero-order chi connectivity index (χ0) is 38.4. The van der Waals surface area contributed by atoms with Crippen LogP contribution in [0, 0.1) is 57.1 Å². The largest absolute Gasteiger partial charge is 0.467 e. The van der Waals surface area contributed by atoms with E-state index in [1.54, 1.807) is 0 Å². The van der Waals surface area contributed by atoms with Gasteiger partial charge in [0.1, 0.15) is 11.9 Å². The van der Waals surface area contributed by atoms with E-state index in [2.05, 4.69) is 70.7 Å². The Kier molecular flexibility index (Phi) is 8.89. The fraction of sp³-hybridized carbons (Fsp3) is 0.596. The van der Waals surface area contributed by atoms with Crippen molar-refractivity contribution in [3.8, 4) is 5.69 Å². The van der Waals surface area contributed by atoms with E-state index >= 15 is 0 Å². The molecular weight excluding hydrogens is 674 g/mol. The summed E-state index contributed by atoms with van der Waals surface area (Å²) in [5, 5.41) is 8.24. The van der Waals surface area contributed by atoms with Gasteiger partial charge in [-0.25, -0.2) is 13.9 Å². The topological polar surface area (TPSA) is 73.2 Å². The Morgan fingerprint density at radius 2 is 1.67 bits per heavy atom. The number of rotatable bonds is 6. The van der Waals surface area contributed by atoms with Crippen molar-refractivity contribution in [2.45, 2.75) is 118 Å². The summed E-state index contributed by atoms with van der Waals surface area (Å²) in [5.41, 5.74) is 5.43. The highest BCUT2D eigenvalue weighted by Crippen LogP contribution is 2.75. The third-order valence-electron chi connectivity index (χ3n) is 16.8. The molecule has 288 valence electrons. The molecule has 8 rings (SSSR count). The van der Waals surface area contributed by atoms with Gasteiger partial charge in [-0.3, -0.25) is 4.79 Å². The number of ether oxygens (including phenoxy) is 1. The molecule has 0 radical (unpaired) electrons. The summed E-state index contributed by atoms with van der Waals surface area (Å²) in [4.78, 5) is 28.1. The number of nitrogens with zero attached hydrogens (tertiary/aromatic N) is 2. The predicted octanol–water partition coefficient (Wildman–Crippen LogP) is 9.58. The Hall–Kier alpha value is -3.74. The van der Waals surface area contributed by atoms with Gasteiger partial charge in [-0.2, -0.15) is 5.10 Å². The number of amides is 1. The molecule has 1 N–H and O–H groups in total. The average Bonchev–Trinajstić information content (AvgIpc) is 3.57. The molecule has 0 spiro atoms. The fourth-order valence-electron chi connectivity index (χ4n) is 13.7. The van der Waals surface area contributed by atoms with Gasteiger partial charge in [-0.1, -0.05) is 90.4 Å². The molecule has 2 aromatic carbocycles. The fourth-order valence-corrected chi connectivity index (χ4v) is 13.7. The second-order valence-electron chi connectivity index (χ2n) is 19.3. The van der Waals surface area contributed by atoms with Crippen LogP contribution in [0.4, 0.5) is 4.39 Å². The minimum Gasteiger partial charge on any atom is -0.467 e. The molecule has 1 amide bonds. The summed E-state index contributed by atoms with van der Waals surface area (Å²) in [7, 11) is 1.41. The summed E-state index contributed by atoms with van der Waals surface area (Å²) in [6.07, 6.45) is 13.0. The first-order chi connectivity index (χ1) is 25.6. The number of nitrogens with one attached hydrogen (secondary N) is 1. The Labute approximate surface area is 321 Å². The van der Waals surface area contributed by atoms with Crippen molar-refractivity contribution < 1.29 is 18.7 Å². The number of allylic oxidation sites excluding steroid dienone is 2. The first kappa shape index (κ1) is 37.2. The minimum atomic E-state index is -0.729. The van der Waals surface area contributed by atoms with Crippen molar-refractivity contribution in [2.24, 2.45) is 51.2 Å².